The molecule has 0 aromatic heterocycles. The third-order valence-corrected chi connectivity index (χ3v) is 3.48. The first-order valence-electron chi connectivity index (χ1n) is 7.68. The van der Waals surface area contributed by atoms with Crippen molar-refractivity contribution in [3.8, 4) is 17.2 Å². The van der Waals surface area contributed by atoms with Crippen LogP contribution in [0.4, 0.5) is 0 Å². The molecule has 0 atom stereocenters. The van der Waals surface area contributed by atoms with Crippen molar-refractivity contribution in [1.82, 2.24) is 5.43 Å². The molecule has 0 saturated carbocycles. The van der Waals surface area contributed by atoms with Gasteiger partial charge in [-0.05, 0) is 48.0 Å². The summed E-state index contributed by atoms with van der Waals surface area (Å²) in [6, 6.07) is 11.8. The molecule has 0 bridgehead atoms. The highest BCUT2D eigenvalue weighted by Crippen LogP contribution is 2.32. The van der Waals surface area contributed by atoms with E-state index < -0.39 is 5.97 Å². The summed E-state index contributed by atoms with van der Waals surface area (Å²) in [6.07, 6.45) is 1.50. The molecule has 0 saturated heterocycles. The maximum atomic E-state index is 12.1. The number of ether oxygens (including phenoxy) is 4. The molecule has 1 aliphatic rings. The van der Waals surface area contributed by atoms with Crippen LogP contribution in [-0.4, -0.2) is 38.6 Å². The number of carbonyl (C=O) groups is 2. The van der Waals surface area contributed by atoms with Crippen LogP contribution in [0.3, 0.4) is 0 Å². The van der Waals surface area contributed by atoms with Gasteiger partial charge in [0, 0.05) is 5.56 Å². The normalized spacial score (nSPS) is 12.0. The summed E-state index contributed by atoms with van der Waals surface area (Å²) in [4.78, 5) is 23.1. The van der Waals surface area contributed by atoms with Crippen LogP contribution in [0.5, 0.6) is 17.2 Å². The zero-order chi connectivity index (χ0) is 18.4. The Hall–Kier alpha value is -3.55. The summed E-state index contributed by atoms with van der Waals surface area (Å²) < 4.78 is 20.2. The molecule has 0 spiro atoms. The van der Waals surface area contributed by atoms with E-state index in [1.54, 1.807) is 42.5 Å². The Bertz CT molecular complexity index is 832. The standard InChI is InChI=1S/C18H16N2O6/c1-23-17(21)10-24-14-5-2-12(3-6-14)9-19-20-18(22)13-4-7-15-16(8-13)26-11-25-15/h2-9H,10-11H2,1H3,(H,20,22)/b19-9-. The molecule has 2 aromatic rings. The number of fused-ring (bicyclic) bond motifs is 1. The lowest BCUT2D eigenvalue weighted by molar-refractivity contribution is -0.142. The van der Waals surface area contributed by atoms with E-state index in [0.29, 0.717) is 22.8 Å². The van der Waals surface area contributed by atoms with Crippen LogP contribution in [0, 0.1) is 0 Å². The second-order valence-electron chi connectivity index (χ2n) is 5.20. The van der Waals surface area contributed by atoms with Gasteiger partial charge in [-0.1, -0.05) is 0 Å². The van der Waals surface area contributed by atoms with E-state index in [9.17, 15) is 9.59 Å². The molecule has 0 aliphatic carbocycles. The van der Waals surface area contributed by atoms with Gasteiger partial charge in [0.15, 0.2) is 18.1 Å². The lowest BCUT2D eigenvalue weighted by Crippen LogP contribution is -2.17. The Kier molecular flexibility index (Phi) is 5.33. The van der Waals surface area contributed by atoms with Crippen molar-refractivity contribution >= 4 is 18.1 Å². The van der Waals surface area contributed by atoms with Gasteiger partial charge in [0.2, 0.25) is 6.79 Å². The van der Waals surface area contributed by atoms with Gasteiger partial charge >= 0.3 is 5.97 Å². The van der Waals surface area contributed by atoms with Crippen LogP contribution >= 0.6 is 0 Å². The molecular weight excluding hydrogens is 340 g/mol. The second-order valence-corrected chi connectivity index (χ2v) is 5.20. The first-order chi connectivity index (χ1) is 12.7. The molecule has 2 aromatic carbocycles. The van der Waals surface area contributed by atoms with Crippen LogP contribution < -0.4 is 19.6 Å². The summed E-state index contributed by atoms with van der Waals surface area (Å²) in [6.45, 7) is -0.00652. The van der Waals surface area contributed by atoms with Crippen LogP contribution in [0.2, 0.25) is 0 Å². The van der Waals surface area contributed by atoms with E-state index in [1.165, 1.54) is 13.3 Å². The van der Waals surface area contributed by atoms with Crippen molar-refractivity contribution in [3.63, 3.8) is 0 Å². The van der Waals surface area contributed by atoms with Gasteiger partial charge in [-0.3, -0.25) is 4.79 Å². The van der Waals surface area contributed by atoms with Crippen LogP contribution in [0.1, 0.15) is 15.9 Å². The Morgan fingerprint density at radius 1 is 1.15 bits per heavy atom. The van der Waals surface area contributed by atoms with Gasteiger partial charge in [-0.2, -0.15) is 5.10 Å². The summed E-state index contributed by atoms with van der Waals surface area (Å²) in [5.74, 6) is 0.847. The van der Waals surface area contributed by atoms with E-state index in [4.69, 9.17) is 14.2 Å². The lowest BCUT2D eigenvalue weighted by atomic mass is 10.2. The second kappa shape index (κ2) is 8.02. The number of nitrogens with zero attached hydrogens (tertiary/aromatic N) is 1. The Labute approximate surface area is 149 Å². The first-order valence-corrected chi connectivity index (χ1v) is 7.68. The molecule has 8 heteroatoms. The predicted octanol–water partition coefficient (Wildman–Crippen LogP) is 1.73. The third kappa shape index (κ3) is 4.29. The summed E-state index contributed by atoms with van der Waals surface area (Å²) in [5.41, 5.74) is 3.61. The topological polar surface area (TPSA) is 95.5 Å². The van der Waals surface area contributed by atoms with Crippen molar-refractivity contribution in [2.24, 2.45) is 5.10 Å². The zero-order valence-electron chi connectivity index (χ0n) is 13.9. The average Bonchev–Trinajstić information content (AvgIpc) is 3.14. The molecule has 0 unspecified atom stereocenters. The molecule has 3 rings (SSSR count). The predicted molar refractivity (Wildman–Crippen MR) is 91.6 cm³/mol. The summed E-state index contributed by atoms with van der Waals surface area (Å²) in [5, 5.41) is 3.92. The minimum atomic E-state index is -0.457. The molecule has 0 radical (unpaired) electrons. The minimum Gasteiger partial charge on any atom is -0.482 e. The molecule has 1 N–H and O–H groups in total. The van der Waals surface area contributed by atoms with Gasteiger partial charge in [-0.15, -0.1) is 0 Å². The van der Waals surface area contributed by atoms with E-state index in [1.807, 2.05) is 0 Å². The molecular formula is C18H16N2O6. The van der Waals surface area contributed by atoms with Crippen LogP contribution in [0.25, 0.3) is 0 Å². The highest BCUT2D eigenvalue weighted by molar-refractivity contribution is 5.95. The molecule has 26 heavy (non-hydrogen) atoms. The lowest BCUT2D eigenvalue weighted by Gasteiger charge is -2.04. The fourth-order valence-electron chi connectivity index (χ4n) is 2.12. The van der Waals surface area contributed by atoms with Crippen molar-refractivity contribution < 1.29 is 28.5 Å². The third-order valence-electron chi connectivity index (χ3n) is 3.48. The SMILES string of the molecule is COC(=O)COc1ccc(/C=N\NC(=O)c2ccc3c(c2)OCO3)cc1. The molecule has 8 nitrogen and oxygen atoms in total. The Morgan fingerprint density at radius 2 is 1.92 bits per heavy atom. The smallest absolute Gasteiger partial charge is 0.343 e. The first kappa shape index (κ1) is 17.3. The van der Waals surface area contributed by atoms with Gasteiger partial charge in [-0.25, -0.2) is 10.2 Å². The highest BCUT2D eigenvalue weighted by Gasteiger charge is 2.15. The number of hydrazone groups is 1. The van der Waals surface area contributed by atoms with Gasteiger partial charge in [0.25, 0.3) is 5.91 Å². The van der Waals surface area contributed by atoms with Gasteiger partial charge in [0.1, 0.15) is 5.75 Å². The monoisotopic (exact) mass is 356 g/mol. The van der Waals surface area contributed by atoms with Crippen LogP contribution in [-0.2, 0) is 9.53 Å². The van der Waals surface area contributed by atoms with E-state index in [0.717, 1.165) is 5.56 Å². The minimum absolute atomic E-state index is 0.151. The summed E-state index contributed by atoms with van der Waals surface area (Å²) >= 11 is 0. The van der Waals surface area contributed by atoms with E-state index >= 15 is 0 Å². The number of benzene rings is 2. The van der Waals surface area contributed by atoms with Crippen LogP contribution in [0.15, 0.2) is 47.6 Å². The number of hydrogen-bond donors (Lipinski definition) is 1. The largest absolute Gasteiger partial charge is 0.482 e. The number of carbonyl (C=O) groups excluding carboxylic acids is 2. The number of esters is 1. The maximum Gasteiger partial charge on any atom is 0.343 e. The summed E-state index contributed by atoms with van der Waals surface area (Å²) in [7, 11) is 1.29. The zero-order valence-corrected chi connectivity index (χ0v) is 13.9. The quantitative estimate of drug-likeness (QED) is 0.481. The average molecular weight is 356 g/mol. The van der Waals surface area contributed by atoms with E-state index in [-0.39, 0.29) is 19.3 Å². The Morgan fingerprint density at radius 3 is 2.69 bits per heavy atom. The number of amides is 1. The number of rotatable bonds is 6. The van der Waals surface area contributed by atoms with Crippen molar-refractivity contribution in [3.05, 3.63) is 53.6 Å². The number of hydrogen-bond acceptors (Lipinski definition) is 7. The van der Waals surface area contributed by atoms with E-state index in [2.05, 4.69) is 15.3 Å². The van der Waals surface area contributed by atoms with Crippen molar-refractivity contribution in [2.45, 2.75) is 0 Å². The molecule has 1 amide bonds. The molecule has 1 aliphatic heterocycles. The fraction of sp³-hybridized carbons (Fsp3) is 0.167. The Balaban J connectivity index is 1.53. The number of methoxy groups -OCH3 is 1. The van der Waals surface area contributed by atoms with Gasteiger partial charge < -0.3 is 18.9 Å². The van der Waals surface area contributed by atoms with Crippen molar-refractivity contribution in [1.29, 1.82) is 0 Å². The fourth-order valence-corrected chi connectivity index (χ4v) is 2.12. The van der Waals surface area contributed by atoms with Gasteiger partial charge in [0.05, 0.1) is 13.3 Å². The molecule has 0 fully saturated rings. The molecule has 1 heterocycles. The highest BCUT2D eigenvalue weighted by atomic mass is 16.7. The molecule has 134 valence electrons. The maximum absolute atomic E-state index is 12.1. The van der Waals surface area contributed by atoms with Crippen molar-refractivity contribution in [2.75, 3.05) is 20.5 Å². The number of nitrogens with one attached hydrogen (secondary N) is 1.